The van der Waals surface area contributed by atoms with Crippen molar-refractivity contribution in [3.63, 3.8) is 0 Å². The Morgan fingerprint density at radius 2 is 1.72 bits per heavy atom. The molecule has 7 heteroatoms. The van der Waals surface area contributed by atoms with E-state index >= 15 is 0 Å². The van der Waals surface area contributed by atoms with Crippen molar-refractivity contribution < 1.29 is 4.74 Å². The van der Waals surface area contributed by atoms with Gasteiger partial charge >= 0.3 is 0 Å². The summed E-state index contributed by atoms with van der Waals surface area (Å²) >= 11 is 0. The summed E-state index contributed by atoms with van der Waals surface area (Å²) in [5.74, 6) is 0.807. The zero-order valence-electron chi connectivity index (χ0n) is 19.9. The maximum atomic E-state index is 9.99. The number of ether oxygens (including phenoxy) is 1. The van der Waals surface area contributed by atoms with Gasteiger partial charge in [-0.2, -0.15) is 15.5 Å². The molecular formula is C25H32N6O. The molecule has 4 rings (SSSR count). The molecule has 2 aromatic rings. The average molecular weight is 433 g/mol. The maximum absolute atomic E-state index is 9.99. The fraction of sp³-hybridized carbons (Fsp3) is 0.480. The second-order valence-electron chi connectivity index (χ2n) is 8.60. The van der Waals surface area contributed by atoms with E-state index in [1.54, 1.807) is 0 Å². The Kier molecular flexibility index (Phi) is 5.72. The van der Waals surface area contributed by atoms with Crippen molar-refractivity contribution in [1.29, 1.82) is 5.26 Å². The number of hydrogen-bond donors (Lipinski definition) is 1. The highest BCUT2D eigenvalue weighted by atomic mass is 16.5. The molecule has 32 heavy (non-hydrogen) atoms. The van der Waals surface area contributed by atoms with Crippen LogP contribution in [0.3, 0.4) is 0 Å². The lowest BCUT2D eigenvalue weighted by molar-refractivity contribution is 0.277. The number of hydrogen-bond acceptors (Lipinski definition) is 5. The van der Waals surface area contributed by atoms with Gasteiger partial charge in [-0.05, 0) is 78.0 Å². The summed E-state index contributed by atoms with van der Waals surface area (Å²) in [5.41, 5.74) is 15.5. The Morgan fingerprint density at radius 3 is 2.31 bits per heavy atom. The highest BCUT2D eigenvalue weighted by Gasteiger charge is 2.38. The molecule has 1 aliphatic heterocycles. The number of nitriles is 1. The van der Waals surface area contributed by atoms with E-state index in [-0.39, 0.29) is 11.8 Å². The third-order valence-corrected chi connectivity index (χ3v) is 6.79. The van der Waals surface area contributed by atoms with Gasteiger partial charge in [0.15, 0.2) is 0 Å². The van der Waals surface area contributed by atoms with Gasteiger partial charge in [0.2, 0.25) is 5.88 Å². The number of aromatic nitrogens is 4. The van der Waals surface area contributed by atoms with Crippen LogP contribution in [0.5, 0.6) is 0 Å². The fourth-order valence-electron chi connectivity index (χ4n) is 5.20. The first kappa shape index (κ1) is 21.9. The van der Waals surface area contributed by atoms with Crippen LogP contribution in [-0.4, -0.2) is 19.6 Å². The summed E-state index contributed by atoms with van der Waals surface area (Å²) in [6, 6.07) is 2.34. The second kappa shape index (κ2) is 8.34. The normalized spacial score (nSPS) is 19.9. The van der Waals surface area contributed by atoms with Crippen molar-refractivity contribution in [3.05, 3.63) is 62.3 Å². The summed E-state index contributed by atoms with van der Waals surface area (Å²) in [4.78, 5) is 0. The van der Waals surface area contributed by atoms with Crippen molar-refractivity contribution in [3.8, 4) is 6.07 Å². The molecule has 7 nitrogen and oxygen atoms in total. The van der Waals surface area contributed by atoms with Crippen LogP contribution in [0.4, 0.5) is 0 Å². The summed E-state index contributed by atoms with van der Waals surface area (Å²) < 4.78 is 10.2. The quantitative estimate of drug-likeness (QED) is 0.757. The molecule has 0 saturated carbocycles. The lowest BCUT2D eigenvalue weighted by Gasteiger charge is -2.33. The minimum absolute atomic E-state index is 0.199. The van der Waals surface area contributed by atoms with Crippen molar-refractivity contribution in [1.82, 2.24) is 19.6 Å². The number of nitrogens with zero attached hydrogens (tertiary/aromatic N) is 5. The SMILES string of the molecule is CCn1nc(C)c(/C=C2/CCCC3=C2OC(N)=C(C#N)[C@@H]3c2c(C)nn(CC)c2C)c1C. The van der Waals surface area contributed by atoms with E-state index in [2.05, 4.69) is 44.9 Å². The van der Waals surface area contributed by atoms with Gasteiger partial charge in [-0.3, -0.25) is 9.36 Å². The van der Waals surface area contributed by atoms with Crippen molar-refractivity contribution in [2.24, 2.45) is 5.73 Å². The Balaban J connectivity index is 1.90. The van der Waals surface area contributed by atoms with Crippen LogP contribution in [0.1, 0.15) is 72.9 Å². The first-order valence-electron chi connectivity index (χ1n) is 11.4. The van der Waals surface area contributed by atoms with Crippen LogP contribution in [0, 0.1) is 39.0 Å². The standard InChI is InChI=1S/C25H32N6O/c1-7-30-16(5)20(14(3)28-30)12-18-10-9-11-19-23(21(13-26)25(27)32-24(18)19)22-15(4)29-31(8-2)17(22)6/h12,23H,7-11,27H2,1-6H3/b18-12-/t23-/m1/s1. The molecule has 1 atom stereocenters. The molecule has 0 spiro atoms. The minimum atomic E-state index is -0.215. The van der Waals surface area contributed by atoms with Gasteiger partial charge in [0.1, 0.15) is 17.4 Å². The molecule has 0 saturated heterocycles. The molecule has 2 aromatic heterocycles. The van der Waals surface area contributed by atoms with E-state index in [1.165, 1.54) is 0 Å². The van der Waals surface area contributed by atoms with Gasteiger partial charge in [-0.1, -0.05) is 0 Å². The Morgan fingerprint density at radius 1 is 1.06 bits per heavy atom. The molecular weight excluding hydrogens is 400 g/mol. The monoisotopic (exact) mass is 432 g/mol. The number of allylic oxidation sites excluding steroid dienone is 3. The third-order valence-electron chi connectivity index (χ3n) is 6.79. The highest BCUT2D eigenvalue weighted by Crippen LogP contribution is 2.48. The van der Waals surface area contributed by atoms with Crippen molar-refractivity contribution in [2.45, 2.75) is 79.8 Å². The molecule has 3 heterocycles. The molecule has 0 amide bonds. The highest BCUT2D eigenvalue weighted by molar-refractivity contribution is 5.65. The predicted molar refractivity (Wildman–Crippen MR) is 124 cm³/mol. The zero-order chi connectivity index (χ0) is 23.2. The lowest BCUT2D eigenvalue weighted by atomic mass is 9.76. The topological polar surface area (TPSA) is 94.7 Å². The average Bonchev–Trinajstić information content (AvgIpc) is 3.21. The fourth-order valence-corrected chi connectivity index (χ4v) is 5.20. The van der Waals surface area contributed by atoms with Crippen molar-refractivity contribution in [2.75, 3.05) is 0 Å². The van der Waals surface area contributed by atoms with Gasteiger partial charge in [0.05, 0.1) is 17.3 Å². The lowest BCUT2D eigenvalue weighted by Crippen LogP contribution is -2.24. The van der Waals surface area contributed by atoms with E-state index in [0.29, 0.717) is 5.57 Å². The van der Waals surface area contributed by atoms with E-state index < -0.39 is 0 Å². The molecule has 0 bridgehead atoms. The Bertz CT molecular complexity index is 1210. The first-order chi connectivity index (χ1) is 15.3. The first-order valence-corrected chi connectivity index (χ1v) is 11.4. The predicted octanol–water partition coefficient (Wildman–Crippen LogP) is 4.68. The summed E-state index contributed by atoms with van der Waals surface area (Å²) in [6.45, 7) is 14.0. The van der Waals surface area contributed by atoms with Crippen LogP contribution >= 0.6 is 0 Å². The minimum Gasteiger partial charge on any atom is -0.440 e. The number of rotatable bonds is 4. The smallest absolute Gasteiger partial charge is 0.205 e. The third kappa shape index (κ3) is 3.35. The summed E-state index contributed by atoms with van der Waals surface area (Å²) in [6.07, 6.45) is 4.99. The summed E-state index contributed by atoms with van der Waals surface area (Å²) in [7, 11) is 0. The molecule has 2 N–H and O–H groups in total. The molecule has 0 radical (unpaired) electrons. The van der Waals surface area contributed by atoms with Crippen LogP contribution < -0.4 is 5.73 Å². The van der Waals surface area contributed by atoms with Gasteiger partial charge in [-0.15, -0.1) is 0 Å². The van der Waals surface area contributed by atoms with E-state index in [4.69, 9.17) is 15.6 Å². The largest absolute Gasteiger partial charge is 0.440 e. The van der Waals surface area contributed by atoms with Gasteiger partial charge in [0.25, 0.3) is 0 Å². The van der Waals surface area contributed by atoms with E-state index in [0.717, 1.165) is 83.2 Å². The zero-order valence-corrected chi connectivity index (χ0v) is 19.9. The molecule has 0 unspecified atom stereocenters. The molecule has 168 valence electrons. The molecule has 2 aliphatic rings. The molecule has 0 aromatic carbocycles. The van der Waals surface area contributed by atoms with Crippen molar-refractivity contribution >= 4 is 6.08 Å². The van der Waals surface area contributed by atoms with Gasteiger partial charge in [0, 0.05) is 35.6 Å². The molecule has 1 aliphatic carbocycles. The van der Waals surface area contributed by atoms with Crippen LogP contribution in [0.2, 0.25) is 0 Å². The van der Waals surface area contributed by atoms with Gasteiger partial charge in [-0.25, -0.2) is 0 Å². The van der Waals surface area contributed by atoms with Crippen LogP contribution in [0.25, 0.3) is 6.08 Å². The van der Waals surface area contributed by atoms with Crippen LogP contribution in [0.15, 0.2) is 28.4 Å². The maximum Gasteiger partial charge on any atom is 0.205 e. The van der Waals surface area contributed by atoms with E-state index in [9.17, 15) is 5.26 Å². The van der Waals surface area contributed by atoms with E-state index in [1.807, 2.05) is 23.2 Å². The number of nitrogens with two attached hydrogens (primary N) is 1. The second-order valence-corrected chi connectivity index (χ2v) is 8.60. The molecule has 0 fully saturated rings. The Hall–Kier alpha value is -3.27. The summed E-state index contributed by atoms with van der Waals surface area (Å²) in [5, 5.41) is 19.4. The number of aryl methyl sites for hydroxylation is 4. The van der Waals surface area contributed by atoms with Gasteiger partial charge < -0.3 is 10.5 Å². The van der Waals surface area contributed by atoms with Crippen LogP contribution in [-0.2, 0) is 17.8 Å². The Labute approximate surface area is 189 Å².